The van der Waals surface area contributed by atoms with Crippen molar-refractivity contribution in [3.05, 3.63) is 23.8 Å². The number of amides is 2. The van der Waals surface area contributed by atoms with E-state index in [9.17, 15) is 9.59 Å². The van der Waals surface area contributed by atoms with Crippen LogP contribution in [-0.2, 0) is 19.0 Å². The van der Waals surface area contributed by atoms with Crippen molar-refractivity contribution in [3.63, 3.8) is 0 Å². The Hall–Kier alpha value is -2.61. The van der Waals surface area contributed by atoms with Crippen LogP contribution in [0.5, 0.6) is 0 Å². The SMILES string of the molecule is COC(=S)CC[C@H]1CN(c2cc(F)c(N3CCNN(C(=O)CN4CCOCC4)CC3)c(F)c2)C(=O)O1. The van der Waals surface area contributed by atoms with Crippen LogP contribution in [0.25, 0.3) is 0 Å². The van der Waals surface area contributed by atoms with Gasteiger partial charge in [0.1, 0.15) is 11.8 Å². The normalized spacial score (nSPS) is 21.4. The molecule has 0 unspecified atom stereocenters. The molecule has 1 atom stereocenters. The van der Waals surface area contributed by atoms with E-state index in [-0.39, 0.29) is 43.5 Å². The van der Waals surface area contributed by atoms with Gasteiger partial charge in [-0.1, -0.05) is 0 Å². The van der Waals surface area contributed by atoms with E-state index < -0.39 is 23.8 Å². The van der Waals surface area contributed by atoms with E-state index in [0.717, 1.165) is 12.1 Å². The highest BCUT2D eigenvalue weighted by molar-refractivity contribution is 7.80. The van der Waals surface area contributed by atoms with Crippen molar-refractivity contribution in [2.45, 2.75) is 18.9 Å². The summed E-state index contributed by atoms with van der Waals surface area (Å²) in [7, 11) is 1.48. The van der Waals surface area contributed by atoms with Crippen LogP contribution in [0.15, 0.2) is 12.1 Å². The van der Waals surface area contributed by atoms with Gasteiger partial charge in [-0.2, -0.15) is 0 Å². The van der Waals surface area contributed by atoms with Gasteiger partial charge in [0, 0.05) is 51.3 Å². The summed E-state index contributed by atoms with van der Waals surface area (Å²) in [5.41, 5.74) is 2.96. The molecular weight excluding hydrogens is 496 g/mol. The number of benzene rings is 1. The number of cyclic esters (lactones) is 1. The van der Waals surface area contributed by atoms with Crippen molar-refractivity contribution in [1.29, 1.82) is 0 Å². The summed E-state index contributed by atoms with van der Waals surface area (Å²) < 4.78 is 45.9. The number of hydrazine groups is 1. The molecule has 0 bridgehead atoms. The van der Waals surface area contributed by atoms with Gasteiger partial charge in [0.05, 0.1) is 45.6 Å². The lowest BCUT2D eigenvalue weighted by Gasteiger charge is -2.29. The fourth-order valence-corrected chi connectivity index (χ4v) is 4.60. The number of carbonyl (C=O) groups is 2. The number of anilines is 2. The number of hydrogen-bond donors (Lipinski definition) is 1. The van der Waals surface area contributed by atoms with E-state index in [0.29, 0.717) is 57.3 Å². The predicted octanol–water partition coefficient (Wildman–Crippen LogP) is 1.53. The van der Waals surface area contributed by atoms with Gasteiger partial charge in [-0.15, -0.1) is 0 Å². The first kappa shape index (κ1) is 26.5. The van der Waals surface area contributed by atoms with Crippen LogP contribution in [0.1, 0.15) is 12.8 Å². The van der Waals surface area contributed by atoms with Gasteiger partial charge in [-0.05, 0) is 18.6 Å². The molecule has 3 aliphatic rings. The largest absolute Gasteiger partial charge is 0.490 e. The Morgan fingerprint density at radius 1 is 1.17 bits per heavy atom. The number of thiocarbonyl (C=S) groups is 1. The van der Waals surface area contributed by atoms with E-state index in [2.05, 4.69) is 5.43 Å². The van der Waals surface area contributed by atoms with Gasteiger partial charge >= 0.3 is 6.09 Å². The number of methoxy groups -OCH3 is 1. The van der Waals surface area contributed by atoms with Crippen LogP contribution in [0.2, 0.25) is 0 Å². The molecule has 3 fully saturated rings. The van der Waals surface area contributed by atoms with Gasteiger partial charge < -0.3 is 19.1 Å². The average Bonchev–Trinajstić information content (AvgIpc) is 3.07. The summed E-state index contributed by atoms with van der Waals surface area (Å²) in [4.78, 5) is 29.8. The second-order valence-corrected chi connectivity index (χ2v) is 9.27. The molecule has 13 heteroatoms. The molecule has 3 heterocycles. The van der Waals surface area contributed by atoms with Gasteiger partial charge in [0.2, 0.25) is 0 Å². The summed E-state index contributed by atoms with van der Waals surface area (Å²) in [6, 6.07) is 2.28. The average molecular weight is 528 g/mol. The first-order valence-corrected chi connectivity index (χ1v) is 12.4. The van der Waals surface area contributed by atoms with E-state index in [1.165, 1.54) is 17.0 Å². The summed E-state index contributed by atoms with van der Waals surface area (Å²) in [6.07, 6.45) is -0.217. The van der Waals surface area contributed by atoms with Crippen LogP contribution in [0.3, 0.4) is 0 Å². The van der Waals surface area contributed by atoms with E-state index >= 15 is 8.78 Å². The van der Waals surface area contributed by atoms with Crippen molar-refractivity contribution >= 4 is 40.6 Å². The van der Waals surface area contributed by atoms with Crippen LogP contribution < -0.4 is 15.2 Å². The highest BCUT2D eigenvalue weighted by atomic mass is 32.1. The summed E-state index contributed by atoms with van der Waals surface area (Å²) in [6.45, 7) is 4.19. The van der Waals surface area contributed by atoms with Gasteiger partial charge in [-0.3, -0.25) is 19.6 Å². The fraction of sp³-hybridized carbons (Fsp3) is 0.609. The fourth-order valence-electron chi connectivity index (χ4n) is 4.48. The zero-order valence-corrected chi connectivity index (χ0v) is 21.0. The van der Waals surface area contributed by atoms with Gasteiger partial charge in [0.25, 0.3) is 5.91 Å². The Morgan fingerprint density at radius 3 is 2.58 bits per heavy atom. The molecule has 3 aliphatic heterocycles. The smallest absolute Gasteiger partial charge is 0.414 e. The topological polar surface area (TPSA) is 86.8 Å². The zero-order valence-electron chi connectivity index (χ0n) is 20.2. The highest BCUT2D eigenvalue weighted by Crippen LogP contribution is 2.31. The standard InChI is InChI=1S/C23H31F2N5O5S/c1-33-21(36)3-2-17-14-29(23(32)35-17)16-12-18(24)22(19(25)13-16)28-5-4-26-30(7-6-28)20(31)15-27-8-10-34-11-9-27/h12-13,17,26H,2-11,14-15H2,1H3/t17-/m0/s1. The number of nitrogens with zero attached hydrogens (tertiary/aromatic N) is 4. The van der Waals surface area contributed by atoms with E-state index in [1.54, 1.807) is 4.90 Å². The number of nitrogens with one attached hydrogen (secondary N) is 1. The van der Waals surface area contributed by atoms with Crippen LogP contribution in [-0.4, -0.2) is 106 Å². The molecule has 1 aromatic carbocycles. The monoisotopic (exact) mass is 527 g/mol. The first-order chi connectivity index (χ1) is 17.4. The molecule has 1 N–H and O–H groups in total. The minimum atomic E-state index is -0.782. The minimum absolute atomic E-state index is 0.0887. The number of halogens is 2. The van der Waals surface area contributed by atoms with Gasteiger partial charge in [-0.25, -0.2) is 19.0 Å². The molecule has 0 aliphatic carbocycles. The first-order valence-electron chi connectivity index (χ1n) is 12.0. The summed E-state index contributed by atoms with van der Waals surface area (Å²) in [5, 5.41) is 1.91. The molecule has 198 valence electrons. The Balaban J connectivity index is 1.38. The van der Waals surface area contributed by atoms with Crippen molar-refractivity contribution < 1.29 is 32.6 Å². The minimum Gasteiger partial charge on any atom is -0.490 e. The lowest BCUT2D eigenvalue weighted by Crippen LogP contribution is -2.50. The Bertz CT molecular complexity index is 957. The molecule has 10 nitrogen and oxygen atoms in total. The zero-order chi connectivity index (χ0) is 25.7. The molecule has 0 radical (unpaired) electrons. The number of rotatable bonds is 7. The number of ether oxygens (including phenoxy) is 3. The molecule has 4 rings (SSSR count). The Morgan fingerprint density at radius 2 is 1.89 bits per heavy atom. The molecule has 0 aromatic heterocycles. The molecular formula is C23H31F2N5O5S. The third kappa shape index (κ3) is 6.38. The summed E-state index contributed by atoms with van der Waals surface area (Å²) >= 11 is 5.01. The van der Waals surface area contributed by atoms with Crippen LogP contribution in [0.4, 0.5) is 25.0 Å². The Kier molecular flexibility index (Phi) is 8.88. The number of hydrogen-bond acceptors (Lipinski definition) is 9. The van der Waals surface area contributed by atoms with Crippen molar-refractivity contribution in [1.82, 2.24) is 15.3 Å². The second kappa shape index (κ2) is 12.1. The van der Waals surface area contributed by atoms with Gasteiger partial charge in [0.15, 0.2) is 16.7 Å². The highest BCUT2D eigenvalue weighted by Gasteiger charge is 2.34. The molecule has 1 aromatic rings. The molecule has 0 spiro atoms. The maximum Gasteiger partial charge on any atom is 0.414 e. The molecule has 2 amide bonds. The molecule has 0 saturated carbocycles. The second-order valence-electron chi connectivity index (χ2n) is 8.82. The lowest BCUT2D eigenvalue weighted by atomic mass is 10.2. The predicted molar refractivity (Wildman–Crippen MR) is 132 cm³/mol. The van der Waals surface area contributed by atoms with Crippen molar-refractivity contribution in [2.75, 3.05) is 82.5 Å². The van der Waals surface area contributed by atoms with E-state index in [1.807, 2.05) is 4.90 Å². The van der Waals surface area contributed by atoms with Crippen molar-refractivity contribution in [2.24, 2.45) is 0 Å². The Labute approximate surface area is 214 Å². The number of carbonyl (C=O) groups excluding carboxylic acids is 2. The quantitative estimate of drug-likeness (QED) is 0.531. The van der Waals surface area contributed by atoms with Crippen LogP contribution in [0, 0.1) is 11.6 Å². The lowest BCUT2D eigenvalue weighted by molar-refractivity contribution is -0.136. The van der Waals surface area contributed by atoms with Crippen LogP contribution >= 0.6 is 12.2 Å². The molecule has 3 saturated heterocycles. The van der Waals surface area contributed by atoms with E-state index in [4.69, 9.17) is 26.4 Å². The molecule has 36 heavy (non-hydrogen) atoms. The maximum atomic E-state index is 15.2. The maximum absolute atomic E-state index is 15.2. The van der Waals surface area contributed by atoms with Crippen molar-refractivity contribution in [3.8, 4) is 0 Å². The third-order valence-corrected chi connectivity index (χ3v) is 6.81. The number of morpholine rings is 1. The third-order valence-electron chi connectivity index (χ3n) is 6.44. The summed E-state index contributed by atoms with van der Waals surface area (Å²) in [5.74, 6) is -1.66.